The van der Waals surface area contributed by atoms with E-state index in [1.54, 1.807) is 0 Å². The molecule has 5 nitrogen and oxygen atoms in total. The molecule has 0 spiro atoms. The Labute approximate surface area is 70.5 Å². The predicted molar refractivity (Wildman–Crippen MR) is 41.0 cm³/mol. The van der Waals surface area contributed by atoms with Gasteiger partial charge in [0.1, 0.15) is 0 Å². The molecule has 1 amide bonds. The van der Waals surface area contributed by atoms with Gasteiger partial charge in [0.05, 0.1) is 19.3 Å². The van der Waals surface area contributed by atoms with Crippen molar-refractivity contribution in [2.24, 2.45) is 0 Å². The Hall–Kier alpha value is -0.810. The third kappa shape index (κ3) is 2.35. The third-order valence-electron chi connectivity index (χ3n) is 1.86. The van der Waals surface area contributed by atoms with Gasteiger partial charge in [-0.1, -0.05) is 0 Å². The van der Waals surface area contributed by atoms with E-state index in [0.717, 1.165) is 0 Å². The van der Waals surface area contributed by atoms with E-state index in [1.807, 2.05) is 0 Å². The molecule has 0 bridgehead atoms. The first-order valence-electron chi connectivity index (χ1n) is 3.94. The second-order valence-corrected chi connectivity index (χ2v) is 2.73. The zero-order valence-electron chi connectivity index (χ0n) is 6.77. The van der Waals surface area contributed by atoms with Crippen molar-refractivity contribution in [3.63, 3.8) is 0 Å². The Kier molecular flexibility index (Phi) is 3.31. The summed E-state index contributed by atoms with van der Waals surface area (Å²) in [5.74, 6) is 0. The lowest BCUT2D eigenvalue weighted by Crippen LogP contribution is -2.45. The van der Waals surface area contributed by atoms with Crippen molar-refractivity contribution in [1.29, 1.82) is 0 Å². The van der Waals surface area contributed by atoms with Gasteiger partial charge in [-0.2, -0.15) is 0 Å². The van der Waals surface area contributed by atoms with Gasteiger partial charge in [-0.05, 0) is 6.42 Å². The maximum Gasteiger partial charge on any atom is 0.407 e. The van der Waals surface area contributed by atoms with E-state index in [1.165, 1.54) is 4.90 Å². The third-order valence-corrected chi connectivity index (χ3v) is 1.86. The monoisotopic (exact) mass is 175 g/mol. The number of amides is 1. The van der Waals surface area contributed by atoms with Gasteiger partial charge >= 0.3 is 6.09 Å². The van der Waals surface area contributed by atoms with Crippen molar-refractivity contribution < 1.29 is 19.7 Å². The van der Waals surface area contributed by atoms with Crippen LogP contribution in [-0.2, 0) is 4.74 Å². The number of hydrogen-bond acceptors (Lipinski definition) is 3. The molecule has 1 aliphatic rings. The molecule has 0 saturated carbocycles. The van der Waals surface area contributed by atoms with Gasteiger partial charge in [0.15, 0.2) is 0 Å². The fraction of sp³-hybridized carbons (Fsp3) is 0.857. The van der Waals surface area contributed by atoms with Gasteiger partial charge in [0.25, 0.3) is 0 Å². The molecule has 12 heavy (non-hydrogen) atoms. The van der Waals surface area contributed by atoms with Gasteiger partial charge in [-0.25, -0.2) is 4.79 Å². The Morgan fingerprint density at radius 2 is 2.42 bits per heavy atom. The summed E-state index contributed by atoms with van der Waals surface area (Å²) in [6.07, 6.45) is -0.551. The highest BCUT2D eigenvalue weighted by atomic mass is 16.5. The molecule has 1 unspecified atom stereocenters. The minimum atomic E-state index is -0.916. The van der Waals surface area contributed by atoms with Crippen LogP contribution < -0.4 is 0 Å². The predicted octanol–water partition coefficient (Wildman–Crippen LogP) is -0.252. The fourth-order valence-electron chi connectivity index (χ4n) is 1.21. The highest BCUT2D eigenvalue weighted by molar-refractivity contribution is 5.65. The lowest BCUT2D eigenvalue weighted by molar-refractivity contribution is -0.0314. The second kappa shape index (κ2) is 4.27. The molecule has 1 rings (SSSR count). The lowest BCUT2D eigenvalue weighted by atomic mass is 10.2. The van der Waals surface area contributed by atoms with Crippen LogP contribution in [0.15, 0.2) is 0 Å². The highest BCUT2D eigenvalue weighted by Crippen LogP contribution is 2.07. The molecule has 1 aliphatic heterocycles. The highest BCUT2D eigenvalue weighted by Gasteiger charge is 2.22. The van der Waals surface area contributed by atoms with Crippen LogP contribution in [0.4, 0.5) is 4.79 Å². The number of hydrogen-bond donors (Lipinski definition) is 2. The van der Waals surface area contributed by atoms with Crippen molar-refractivity contribution in [3.05, 3.63) is 0 Å². The summed E-state index contributed by atoms with van der Waals surface area (Å²) in [6, 6.07) is 0. The van der Waals surface area contributed by atoms with Crippen LogP contribution >= 0.6 is 0 Å². The smallest absolute Gasteiger partial charge is 0.407 e. The molecule has 1 heterocycles. The van der Waals surface area contributed by atoms with E-state index in [0.29, 0.717) is 26.1 Å². The number of rotatable bonds is 2. The number of nitrogens with zero attached hydrogens (tertiary/aromatic N) is 1. The molecular weight excluding hydrogens is 162 g/mol. The van der Waals surface area contributed by atoms with Crippen molar-refractivity contribution in [1.82, 2.24) is 4.90 Å². The summed E-state index contributed by atoms with van der Waals surface area (Å²) in [6.45, 7) is 1.27. The summed E-state index contributed by atoms with van der Waals surface area (Å²) >= 11 is 0. The van der Waals surface area contributed by atoms with Crippen LogP contribution in [0, 0.1) is 0 Å². The normalized spacial score (nSPS) is 24.1. The molecule has 0 aromatic carbocycles. The second-order valence-electron chi connectivity index (χ2n) is 2.73. The molecule has 1 fully saturated rings. The van der Waals surface area contributed by atoms with E-state index < -0.39 is 6.09 Å². The Morgan fingerprint density at radius 3 is 3.00 bits per heavy atom. The van der Waals surface area contributed by atoms with Gasteiger partial charge in [0, 0.05) is 13.2 Å². The van der Waals surface area contributed by atoms with E-state index in [-0.39, 0.29) is 12.7 Å². The topological polar surface area (TPSA) is 70.0 Å². The molecular formula is C7H13NO4. The first kappa shape index (κ1) is 9.28. The SMILES string of the molecule is O=C(O)N1CCOC(CCO)C1. The number of carbonyl (C=O) groups is 1. The molecule has 0 radical (unpaired) electrons. The summed E-state index contributed by atoms with van der Waals surface area (Å²) < 4.78 is 5.23. The van der Waals surface area contributed by atoms with Crippen LogP contribution in [0.25, 0.3) is 0 Å². The Balaban J connectivity index is 2.35. The molecule has 1 atom stereocenters. The number of aliphatic hydroxyl groups excluding tert-OH is 1. The number of aliphatic hydroxyl groups is 1. The fourth-order valence-corrected chi connectivity index (χ4v) is 1.21. The zero-order valence-corrected chi connectivity index (χ0v) is 6.77. The van der Waals surface area contributed by atoms with E-state index in [9.17, 15) is 4.79 Å². The average Bonchev–Trinajstić information content (AvgIpc) is 2.05. The molecule has 70 valence electrons. The van der Waals surface area contributed by atoms with Crippen LogP contribution in [0.1, 0.15) is 6.42 Å². The Bertz CT molecular complexity index is 159. The van der Waals surface area contributed by atoms with Crippen LogP contribution in [0.2, 0.25) is 0 Å². The van der Waals surface area contributed by atoms with Crippen LogP contribution in [0.5, 0.6) is 0 Å². The van der Waals surface area contributed by atoms with Gasteiger partial charge < -0.3 is 19.8 Å². The maximum atomic E-state index is 10.5. The van der Waals surface area contributed by atoms with Crippen LogP contribution in [0.3, 0.4) is 0 Å². The van der Waals surface area contributed by atoms with Crippen molar-refractivity contribution in [3.8, 4) is 0 Å². The first-order chi connectivity index (χ1) is 5.74. The number of ether oxygens (including phenoxy) is 1. The quantitative estimate of drug-likeness (QED) is 0.607. The summed E-state index contributed by atoms with van der Waals surface area (Å²) in [4.78, 5) is 11.8. The van der Waals surface area contributed by atoms with Crippen molar-refractivity contribution >= 4 is 6.09 Å². The van der Waals surface area contributed by atoms with Crippen LogP contribution in [-0.4, -0.2) is 53.6 Å². The Morgan fingerprint density at radius 1 is 1.67 bits per heavy atom. The largest absolute Gasteiger partial charge is 0.465 e. The molecule has 2 N–H and O–H groups in total. The number of carboxylic acid groups (broad SMARTS) is 1. The average molecular weight is 175 g/mol. The molecule has 1 saturated heterocycles. The molecule has 0 aromatic rings. The first-order valence-corrected chi connectivity index (χ1v) is 3.94. The van der Waals surface area contributed by atoms with E-state index in [4.69, 9.17) is 14.9 Å². The molecule has 5 heteroatoms. The van der Waals surface area contributed by atoms with Gasteiger partial charge in [0.2, 0.25) is 0 Å². The zero-order chi connectivity index (χ0) is 8.97. The lowest BCUT2D eigenvalue weighted by Gasteiger charge is -2.30. The van der Waals surface area contributed by atoms with Gasteiger partial charge in [-0.3, -0.25) is 0 Å². The number of morpholine rings is 1. The van der Waals surface area contributed by atoms with Crippen molar-refractivity contribution in [2.75, 3.05) is 26.3 Å². The maximum absolute atomic E-state index is 10.5. The minimum absolute atomic E-state index is 0.0398. The molecule has 0 aliphatic carbocycles. The molecule has 0 aromatic heterocycles. The van der Waals surface area contributed by atoms with E-state index in [2.05, 4.69) is 0 Å². The van der Waals surface area contributed by atoms with Crippen molar-refractivity contribution in [2.45, 2.75) is 12.5 Å². The summed E-state index contributed by atoms with van der Waals surface area (Å²) in [5, 5.41) is 17.2. The summed E-state index contributed by atoms with van der Waals surface area (Å²) in [7, 11) is 0. The minimum Gasteiger partial charge on any atom is -0.465 e. The standard InChI is InChI=1S/C7H13NO4/c9-3-1-6-5-8(7(10)11)2-4-12-6/h6,9H,1-5H2,(H,10,11). The summed E-state index contributed by atoms with van der Waals surface area (Å²) in [5.41, 5.74) is 0. The van der Waals surface area contributed by atoms with Gasteiger partial charge in [-0.15, -0.1) is 0 Å². The van der Waals surface area contributed by atoms with E-state index >= 15 is 0 Å².